The lowest BCUT2D eigenvalue weighted by molar-refractivity contribution is 0.0733. The summed E-state index contributed by atoms with van der Waals surface area (Å²) in [6.07, 6.45) is 0. The number of fused-ring (bicyclic) bond motifs is 1. The van der Waals surface area contributed by atoms with Gasteiger partial charge in [-0.2, -0.15) is 0 Å². The van der Waals surface area contributed by atoms with E-state index >= 15 is 0 Å². The summed E-state index contributed by atoms with van der Waals surface area (Å²) >= 11 is 0. The minimum absolute atomic E-state index is 0.180. The lowest BCUT2D eigenvalue weighted by atomic mass is 10.1. The van der Waals surface area contributed by atoms with Crippen LogP contribution in [0.3, 0.4) is 0 Å². The van der Waals surface area contributed by atoms with Crippen LogP contribution in [-0.4, -0.2) is 21.4 Å². The molecule has 0 bridgehead atoms. The van der Waals surface area contributed by atoms with E-state index in [9.17, 15) is 14.4 Å². The Balaban J connectivity index is 1.30. The number of rotatable bonds is 6. The second-order valence-electron chi connectivity index (χ2n) is 8.45. The van der Waals surface area contributed by atoms with E-state index in [1.807, 2.05) is 36.4 Å². The van der Waals surface area contributed by atoms with Gasteiger partial charge in [0.1, 0.15) is 11.6 Å². The van der Waals surface area contributed by atoms with Gasteiger partial charge in [-0.15, -0.1) is 0 Å². The van der Waals surface area contributed by atoms with Gasteiger partial charge in [-0.05, 0) is 67.1 Å². The van der Waals surface area contributed by atoms with Crippen molar-refractivity contribution in [1.29, 1.82) is 0 Å². The third-order valence-electron chi connectivity index (χ3n) is 5.91. The molecule has 7 heteroatoms. The summed E-state index contributed by atoms with van der Waals surface area (Å²) in [5.74, 6) is -0.0429. The minimum atomic E-state index is -0.575. The molecule has 0 unspecified atom stereocenters. The minimum Gasteiger partial charge on any atom is -0.423 e. The van der Waals surface area contributed by atoms with Crippen LogP contribution in [-0.2, 0) is 6.54 Å². The first-order valence-electron chi connectivity index (χ1n) is 11.7. The van der Waals surface area contributed by atoms with Crippen molar-refractivity contribution < 1.29 is 14.3 Å². The SMILES string of the molecule is Cc1nc2ccccc2c(=O)n1-c1ccc(C(=O)Oc2cccc(C(=O)NCc3ccccc3)c2)cc1. The number of aromatic nitrogens is 2. The van der Waals surface area contributed by atoms with Crippen molar-refractivity contribution in [2.24, 2.45) is 0 Å². The first-order valence-corrected chi connectivity index (χ1v) is 11.7. The van der Waals surface area contributed by atoms with Crippen LogP contribution >= 0.6 is 0 Å². The first-order chi connectivity index (χ1) is 18.0. The Morgan fingerprint density at radius 1 is 0.838 bits per heavy atom. The predicted octanol–water partition coefficient (Wildman–Crippen LogP) is 4.84. The number of benzene rings is 4. The van der Waals surface area contributed by atoms with E-state index in [4.69, 9.17) is 4.74 Å². The summed E-state index contributed by atoms with van der Waals surface area (Å²) in [6.45, 7) is 2.16. The molecular formula is C30H23N3O4. The number of aryl methyl sites for hydroxylation is 1. The number of carbonyl (C=O) groups is 2. The molecule has 0 saturated heterocycles. The molecule has 1 heterocycles. The van der Waals surface area contributed by atoms with Gasteiger partial charge in [0.05, 0.1) is 22.2 Å². The maximum atomic E-state index is 13.0. The number of hydrogen-bond donors (Lipinski definition) is 1. The van der Waals surface area contributed by atoms with E-state index in [2.05, 4.69) is 10.3 Å². The highest BCUT2D eigenvalue weighted by Crippen LogP contribution is 2.18. The summed E-state index contributed by atoms with van der Waals surface area (Å²) in [5.41, 5.74) is 2.73. The molecule has 4 aromatic carbocycles. The van der Waals surface area contributed by atoms with Crippen molar-refractivity contribution in [3.63, 3.8) is 0 Å². The topological polar surface area (TPSA) is 90.3 Å². The molecule has 182 valence electrons. The molecule has 0 spiro atoms. The monoisotopic (exact) mass is 489 g/mol. The Morgan fingerprint density at radius 2 is 1.57 bits per heavy atom. The Kier molecular flexibility index (Phi) is 6.59. The summed E-state index contributed by atoms with van der Waals surface area (Å²) in [4.78, 5) is 42.8. The van der Waals surface area contributed by atoms with Gasteiger partial charge in [0.15, 0.2) is 0 Å². The van der Waals surface area contributed by atoms with Gasteiger partial charge in [0, 0.05) is 12.1 Å². The average Bonchev–Trinajstić information content (AvgIpc) is 2.93. The molecule has 1 N–H and O–H groups in total. The van der Waals surface area contributed by atoms with Gasteiger partial charge in [0.25, 0.3) is 11.5 Å². The van der Waals surface area contributed by atoms with Crippen molar-refractivity contribution in [3.8, 4) is 11.4 Å². The largest absolute Gasteiger partial charge is 0.423 e. The van der Waals surface area contributed by atoms with Crippen LogP contribution in [0.5, 0.6) is 5.75 Å². The highest BCUT2D eigenvalue weighted by molar-refractivity contribution is 5.95. The van der Waals surface area contributed by atoms with E-state index in [1.165, 1.54) is 10.6 Å². The van der Waals surface area contributed by atoms with Gasteiger partial charge >= 0.3 is 5.97 Å². The van der Waals surface area contributed by atoms with Crippen LogP contribution in [0.15, 0.2) is 108 Å². The molecule has 0 aliphatic carbocycles. The number of nitrogens with one attached hydrogen (secondary N) is 1. The number of amides is 1. The lowest BCUT2D eigenvalue weighted by Crippen LogP contribution is -2.23. The molecule has 1 aromatic heterocycles. The quantitative estimate of drug-likeness (QED) is 0.272. The van der Waals surface area contributed by atoms with Crippen LogP contribution in [0.2, 0.25) is 0 Å². The molecule has 0 radical (unpaired) electrons. The standard InChI is InChI=1S/C30H23N3O4/c1-20-32-27-13-6-5-12-26(27)29(35)33(20)24-16-14-22(15-17-24)30(36)37-25-11-7-10-23(18-25)28(34)31-19-21-8-3-2-4-9-21/h2-18H,19H2,1H3,(H,31,34). The summed E-state index contributed by atoms with van der Waals surface area (Å²) in [5, 5.41) is 3.37. The van der Waals surface area contributed by atoms with Crippen molar-refractivity contribution in [2.45, 2.75) is 13.5 Å². The van der Waals surface area contributed by atoms with E-state index in [-0.39, 0.29) is 17.2 Å². The van der Waals surface area contributed by atoms with Crippen molar-refractivity contribution in [2.75, 3.05) is 0 Å². The molecule has 0 saturated carbocycles. The number of nitrogens with zero attached hydrogens (tertiary/aromatic N) is 2. The second kappa shape index (κ2) is 10.3. The zero-order valence-electron chi connectivity index (χ0n) is 20.0. The Bertz CT molecular complexity index is 1660. The highest BCUT2D eigenvalue weighted by atomic mass is 16.5. The molecule has 1 amide bonds. The number of esters is 1. The van der Waals surface area contributed by atoms with E-state index in [0.717, 1.165) is 5.56 Å². The maximum absolute atomic E-state index is 13.0. The molecule has 7 nitrogen and oxygen atoms in total. The predicted molar refractivity (Wildman–Crippen MR) is 141 cm³/mol. The summed E-state index contributed by atoms with van der Waals surface area (Å²) < 4.78 is 7.01. The van der Waals surface area contributed by atoms with Crippen molar-refractivity contribution in [1.82, 2.24) is 14.9 Å². The van der Waals surface area contributed by atoms with Crippen LogP contribution in [0, 0.1) is 6.92 Å². The lowest BCUT2D eigenvalue weighted by Gasteiger charge is -2.11. The second-order valence-corrected chi connectivity index (χ2v) is 8.45. The molecule has 5 aromatic rings. The molecule has 0 aliphatic heterocycles. The van der Waals surface area contributed by atoms with Crippen molar-refractivity contribution in [3.05, 3.63) is 136 Å². The number of hydrogen-bond acceptors (Lipinski definition) is 5. The molecular weight excluding hydrogens is 466 g/mol. The van der Waals surface area contributed by atoms with Crippen molar-refractivity contribution >= 4 is 22.8 Å². The zero-order valence-corrected chi connectivity index (χ0v) is 20.0. The van der Waals surface area contributed by atoms with E-state index in [1.54, 1.807) is 67.6 Å². The third-order valence-corrected chi connectivity index (χ3v) is 5.91. The third kappa shape index (κ3) is 5.16. The number of para-hydroxylation sites is 1. The van der Waals surface area contributed by atoms with E-state index < -0.39 is 5.97 Å². The normalized spacial score (nSPS) is 10.7. The fraction of sp³-hybridized carbons (Fsp3) is 0.0667. The molecule has 0 fully saturated rings. The molecule has 5 rings (SSSR count). The molecule has 0 atom stereocenters. The first kappa shape index (κ1) is 23.7. The summed E-state index contributed by atoms with van der Waals surface area (Å²) in [7, 11) is 0. The number of carbonyl (C=O) groups excluding carboxylic acids is 2. The average molecular weight is 490 g/mol. The molecule has 0 aliphatic rings. The van der Waals surface area contributed by atoms with Crippen LogP contribution in [0.25, 0.3) is 16.6 Å². The van der Waals surface area contributed by atoms with Crippen LogP contribution in [0.4, 0.5) is 0 Å². The van der Waals surface area contributed by atoms with Gasteiger partial charge in [-0.25, -0.2) is 9.78 Å². The van der Waals surface area contributed by atoms with Gasteiger partial charge in [0.2, 0.25) is 0 Å². The van der Waals surface area contributed by atoms with Crippen LogP contribution < -0.4 is 15.6 Å². The van der Waals surface area contributed by atoms with Gasteiger partial charge < -0.3 is 10.1 Å². The van der Waals surface area contributed by atoms with E-state index in [0.29, 0.717) is 40.1 Å². The van der Waals surface area contributed by atoms with Crippen LogP contribution in [0.1, 0.15) is 32.1 Å². The Hall–Kier alpha value is -5.04. The maximum Gasteiger partial charge on any atom is 0.343 e. The highest BCUT2D eigenvalue weighted by Gasteiger charge is 2.14. The smallest absolute Gasteiger partial charge is 0.343 e. The van der Waals surface area contributed by atoms with Gasteiger partial charge in [-0.3, -0.25) is 14.2 Å². The molecule has 37 heavy (non-hydrogen) atoms. The zero-order chi connectivity index (χ0) is 25.8. The Labute approximate surface area is 213 Å². The fourth-order valence-corrected chi connectivity index (χ4v) is 4.04. The fourth-order valence-electron chi connectivity index (χ4n) is 4.04. The summed E-state index contributed by atoms with van der Waals surface area (Å²) in [6, 6.07) is 29.8. The van der Waals surface area contributed by atoms with Gasteiger partial charge in [-0.1, -0.05) is 48.5 Å². The Morgan fingerprint density at radius 3 is 2.35 bits per heavy atom. The number of ether oxygens (including phenoxy) is 1.